The molecule has 26 heavy (non-hydrogen) atoms. The number of nitrogens with zero attached hydrogens (tertiary/aromatic N) is 3. The van der Waals surface area contributed by atoms with Crippen LogP contribution in [-0.4, -0.2) is 61.1 Å². The lowest BCUT2D eigenvalue weighted by molar-refractivity contribution is 0.0694. The standard InChI is InChI=1S/C17H21N3O4S2/c1-12-16(13(2)24-18-12)26(22,23)20-10-8-19(9-11-20)17(21)14-6-4-5-7-15(14)25-3/h4-7H,8-11H2,1-3H3. The third-order valence-corrected chi connectivity index (χ3v) is 7.37. The SMILES string of the molecule is CSc1ccccc1C(=O)N1CCN(S(=O)(=O)c2c(C)noc2C)CC1. The average molecular weight is 396 g/mol. The molecule has 1 aromatic carbocycles. The van der Waals surface area contributed by atoms with E-state index in [1.165, 1.54) is 16.1 Å². The molecule has 1 aromatic heterocycles. The monoisotopic (exact) mass is 395 g/mol. The van der Waals surface area contributed by atoms with Crippen molar-refractivity contribution >= 4 is 27.7 Å². The van der Waals surface area contributed by atoms with E-state index in [1.807, 2.05) is 24.5 Å². The summed E-state index contributed by atoms with van der Waals surface area (Å²) in [4.78, 5) is 15.5. The van der Waals surface area contributed by atoms with Crippen molar-refractivity contribution in [2.24, 2.45) is 0 Å². The summed E-state index contributed by atoms with van der Waals surface area (Å²) in [5, 5.41) is 3.73. The smallest absolute Gasteiger partial charge is 0.255 e. The van der Waals surface area contributed by atoms with Gasteiger partial charge in [0.1, 0.15) is 10.6 Å². The first-order chi connectivity index (χ1) is 12.4. The third kappa shape index (κ3) is 3.38. The Morgan fingerprint density at radius 2 is 1.81 bits per heavy atom. The Balaban J connectivity index is 1.74. The first-order valence-electron chi connectivity index (χ1n) is 8.21. The Hall–Kier alpha value is -1.84. The van der Waals surface area contributed by atoms with Crippen LogP contribution in [0.15, 0.2) is 38.6 Å². The van der Waals surface area contributed by atoms with Crippen LogP contribution in [0.1, 0.15) is 21.8 Å². The second-order valence-corrected chi connectivity index (χ2v) is 8.77. The van der Waals surface area contributed by atoms with Gasteiger partial charge < -0.3 is 9.42 Å². The van der Waals surface area contributed by atoms with E-state index >= 15 is 0 Å². The van der Waals surface area contributed by atoms with Gasteiger partial charge in [-0.2, -0.15) is 4.31 Å². The maximum absolute atomic E-state index is 12.9. The third-order valence-electron chi connectivity index (χ3n) is 4.43. The number of rotatable bonds is 4. The second-order valence-electron chi connectivity index (χ2n) is 6.05. The van der Waals surface area contributed by atoms with Gasteiger partial charge >= 0.3 is 0 Å². The number of aryl methyl sites for hydroxylation is 2. The van der Waals surface area contributed by atoms with Crippen molar-refractivity contribution in [1.82, 2.24) is 14.4 Å². The highest BCUT2D eigenvalue weighted by Crippen LogP contribution is 2.25. The first kappa shape index (κ1) is 18.9. The van der Waals surface area contributed by atoms with Gasteiger partial charge in [0, 0.05) is 31.1 Å². The molecule has 1 fully saturated rings. The Labute approximate surface area is 157 Å². The lowest BCUT2D eigenvalue weighted by Gasteiger charge is -2.34. The Morgan fingerprint density at radius 3 is 2.38 bits per heavy atom. The Bertz CT molecular complexity index is 896. The summed E-state index contributed by atoms with van der Waals surface area (Å²) < 4.78 is 32.1. The molecule has 1 amide bonds. The Kier molecular flexibility index (Phi) is 5.40. The predicted octanol–water partition coefficient (Wildman–Crippen LogP) is 2.16. The molecule has 0 atom stereocenters. The summed E-state index contributed by atoms with van der Waals surface area (Å²) in [6, 6.07) is 7.46. The number of sulfonamides is 1. The van der Waals surface area contributed by atoms with Crippen LogP contribution < -0.4 is 0 Å². The van der Waals surface area contributed by atoms with Gasteiger partial charge in [-0.3, -0.25) is 4.79 Å². The van der Waals surface area contributed by atoms with E-state index in [2.05, 4.69) is 5.16 Å². The molecule has 9 heteroatoms. The van der Waals surface area contributed by atoms with Crippen molar-refractivity contribution in [2.75, 3.05) is 32.4 Å². The van der Waals surface area contributed by atoms with Crippen LogP contribution in [0.2, 0.25) is 0 Å². The number of piperazine rings is 1. The van der Waals surface area contributed by atoms with E-state index in [-0.39, 0.29) is 29.7 Å². The molecule has 0 spiro atoms. The molecule has 1 saturated heterocycles. The van der Waals surface area contributed by atoms with Crippen molar-refractivity contribution in [3.63, 3.8) is 0 Å². The van der Waals surface area contributed by atoms with Gasteiger partial charge in [-0.05, 0) is 32.2 Å². The molecule has 1 aliphatic heterocycles. The highest BCUT2D eigenvalue weighted by molar-refractivity contribution is 7.98. The van der Waals surface area contributed by atoms with Gasteiger partial charge in [-0.15, -0.1) is 11.8 Å². The maximum Gasteiger partial charge on any atom is 0.255 e. The largest absolute Gasteiger partial charge is 0.360 e. The number of carbonyl (C=O) groups is 1. The fourth-order valence-corrected chi connectivity index (χ4v) is 5.40. The van der Waals surface area contributed by atoms with Gasteiger partial charge in [0.2, 0.25) is 10.0 Å². The van der Waals surface area contributed by atoms with Crippen molar-refractivity contribution in [3.8, 4) is 0 Å². The number of amides is 1. The van der Waals surface area contributed by atoms with E-state index in [4.69, 9.17) is 4.52 Å². The van der Waals surface area contributed by atoms with Crippen LogP contribution in [0.3, 0.4) is 0 Å². The summed E-state index contributed by atoms with van der Waals surface area (Å²) in [7, 11) is -3.67. The van der Waals surface area contributed by atoms with Crippen LogP contribution in [-0.2, 0) is 10.0 Å². The van der Waals surface area contributed by atoms with Crippen LogP contribution in [0.25, 0.3) is 0 Å². The number of hydrogen-bond acceptors (Lipinski definition) is 6. The topological polar surface area (TPSA) is 83.7 Å². The fraction of sp³-hybridized carbons (Fsp3) is 0.412. The number of carbonyl (C=O) groups excluding carboxylic acids is 1. The molecule has 0 radical (unpaired) electrons. The maximum atomic E-state index is 12.9. The molecule has 140 valence electrons. The highest BCUT2D eigenvalue weighted by Gasteiger charge is 2.34. The van der Waals surface area contributed by atoms with Crippen LogP contribution in [0.5, 0.6) is 0 Å². The molecular weight excluding hydrogens is 374 g/mol. The minimum Gasteiger partial charge on any atom is -0.360 e. The van der Waals surface area contributed by atoms with Crippen molar-refractivity contribution in [3.05, 3.63) is 41.3 Å². The molecule has 3 rings (SSSR count). The number of aromatic nitrogens is 1. The zero-order valence-corrected chi connectivity index (χ0v) is 16.6. The van der Waals surface area contributed by atoms with Crippen molar-refractivity contribution < 1.29 is 17.7 Å². The lowest BCUT2D eigenvalue weighted by Crippen LogP contribution is -2.50. The van der Waals surface area contributed by atoms with Gasteiger partial charge in [0.25, 0.3) is 5.91 Å². The number of hydrogen-bond donors (Lipinski definition) is 0. The zero-order valence-electron chi connectivity index (χ0n) is 14.9. The highest BCUT2D eigenvalue weighted by atomic mass is 32.2. The molecule has 0 saturated carbocycles. The first-order valence-corrected chi connectivity index (χ1v) is 10.9. The van der Waals surface area contributed by atoms with Crippen LogP contribution in [0.4, 0.5) is 0 Å². The molecular formula is C17H21N3O4S2. The molecule has 0 bridgehead atoms. The number of benzene rings is 1. The zero-order chi connectivity index (χ0) is 18.9. The van der Waals surface area contributed by atoms with E-state index in [0.29, 0.717) is 24.3 Å². The summed E-state index contributed by atoms with van der Waals surface area (Å²) in [6.07, 6.45) is 1.93. The molecule has 0 aliphatic carbocycles. The quantitative estimate of drug-likeness (QED) is 0.738. The minimum absolute atomic E-state index is 0.0654. The molecule has 1 aliphatic rings. The summed E-state index contributed by atoms with van der Waals surface area (Å²) in [5.41, 5.74) is 1.01. The average Bonchev–Trinajstić information content (AvgIpc) is 3.00. The molecule has 0 unspecified atom stereocenters. The van der Waals surface area contributed by atoms with Gasteiger partial charge in [0.05, 0.1) is 5.56 Å². The van der Waals surface area contributed by atoms with Crippen LogP contribution >= 0.6 is 11.8 Å². The van der Waals surface area contributed by atoms with Gasteiger partial charge in [-0.1, -0.05) is 17.3 Å². The lowest BCUT2D eigenvalue weighted by atomic mass is 10.2. The number of thioether (sulfide) groups is 1. The van der Waals surface area contributed by atoms with E-state index in [9.17, 15) is 13.2 Å². The summed E-state index contributed by atoms with van der Waals surface area (Å²) in [5.74, 6) is 0.222. The molecule has 2 aromatic rings. The van der Waals surface area contributed by atoms with E-state index in [1.54, 1.807) is 24.8 Å². The van der Waals surface area contributed by atoms with E-state index in [0.717, 1.165) is 4.90 Å². The van der Waals surface area contributed by atoms with E-state index < -0.39 is 10.0 Å². The van der Waals surface area contributed by atoms with Crippen molar-refractivity contribution in [2.45, 2.75) is 23.6 Å². The normalized spacial score (nSPS) is 16.0. The van der Waals surface area contributed by atoms with Gasteiger partial charge in [-0.25, -0.2) is 8.42 Å². The van der Waals surface area contributed by atoms with Crippen LogP contribution in [0, 0.1) is 13.8 Å². The fourth-order valence-electron chi connectivity index (χ4n) is 3.10. The minimum atomic E-state index is -3.67. The molecule has 7 nitrogen and oxygen atoms in total. The predicted molar refractivity (Wildman–Crippen MR) is 98.9 cm³/mol. The van der Waals surface area contributed by atoms with Gasteiger partial charge in [0.15, 0.2) is 5.76 Å². The van der Waals surface area contributed by atoms with Crippen molar-refractivity contribution in [1.29, 1.82) is 0 Å². The second kappa shape index (κ2) is 7.42. The summed E-state index contributed by atoms with van der Waals surface area (Å²) in [6.45, 7) is 4.40. The summed E-state index contributed by atoms with van der Waals surface area (Å²) >= 11 is 1.52. The Morgan fingerprint density at radius 1 is 1.15 bits per heavy atom. The molecule has 0 N–H and O–H groups in total. The molecule has 2 heterocycles.